The molecule has 6 N–H and O–H groups in total. The van der Waals surface area contributed by atoms with E-state index in [2.05, 4.69) is 21.1 Å². The lowest BCUT2D eigenvalue weighted by Crippen LogP contribution is -2.30. The Labute approximate surface area is 190 Å². The first-order chi connectivity index (χ1) is 16.1. The molecular weight excluding hydrogens is 427 g/mol. The van der Waals surface area contributed by atoms with Crippen LogP contribution in [0.4, 0.5) is 14.9 Å². The number of nitrogens with two attached hydrogens (primary N) is 2. The Morgan fingerprint density at radius 1 is 1.27 bits per heavy atom. The SMILES string of the molecule is N/C=C(/CNCc1ccc(-c2ccc(N3CC(Cn4ccnn4)OC3=O)cc2F)cc1)NN. The number of hydrazine groups is 1. The van der Waals surface area contributed by atoms with Gasteiger partial charge < -0.3 is 21.2 Å². The predicted molar refractivity (Wildman–Crippen MR) is 121 cm³/mol. The van der Waals surface area contributed by atoms with Crippen LogP contribution in [0, 0.1) is 5.82 Å². The van der Waals surface area contributed by atoms with Crippen LogP contribution in [0.1, 0.15) is 5.56 Å². The summed E-state index contributed by atoms with van der Waals surface area (Å²) < 4.78 is 21.9. The largest absolute Gasteiger partial charge is 0.442 e. The Hall–Kier alpha value is -3.96. The molecule has 33 heavy (non-hydrogen) atoms. The number of amides is 1. The highest BCUT2D eigenvalue weighted by molar-refractivity contribution is 5.90. The third-order valence-electron chi connectivity index (χ3n) is 5.30. The molecule has 1 atom stereocenters. The maximum atomic E-state index is 14.9. The van der Waals surface area contributed by atoms with Crippen LogP contribution < -0.4 is 27.2 Å². The van der Waals surface area contributed by atoms with Gasteiger partial charge in [-0.1, -0.05) is 29.5 Å². The lowest BCUT2D eigenvalue weighted by atomic mass is 10.0. The molecule has 1 unspecified atom stereocenters. The van der Waals surface area contributed by atoms with Crippen molar-refractivity contribution in [2.24, 2.45) is 11.6 Å². The molecule has 1 saturated heterocycles. The molecule has 10 nitrogen and oxygen atoms in total. The van der Waals surface area contributed by atoms with Crippen LogP contribution in [-0.2, 0) is 17.8 Å². The van der Waals surface area contributed by atoms with E-state index in [0.717, 1.165) is 11.1 Å². The third kappa shape index (κ3) is 5.27. The third-order valence-corrected chi connectivity index (χ3v) is 5.30. The van der Waals surface area contributed by atoms with Crippen molar-refractivity contribution >= 4 is 11.8 Å². The summed E-state index contributed by atoms with van der Waals surface area (Å²) in [7, 11) is 0. The van der Waals surface area contributed by atoms with Gasteiger partial charge in [-0.3, -0.25) is 10.7 Å². The summed E-state index contributed by atoms with van der Waals surface area (Å²) in [5.41, 5.74) is 11.3. The second-order valence-corrected chi connectivity index (χ2v) is 7.54. The molecule has 3 aromatic rings. The van der Waals surface area contributed by atoms with Crippen molar-refractivity contribution in [2.45, 2.75) is 19.2 Å². The van der Waals surface area contributed by atoms with E-state index in [4.69, 9.17) is 16.3 Å². The highest BCUT2D eigenvalue weighted by Crippen LogP contribution is 2.29. The van der Waals surface area contributed by atoms with E-state index in [9.17, 15) is 9.18 Å². The monoisotopic (exact) mass is 452 g/mol. The Bertz CT molecular complexity index is 1120. The average molecular weight is 452 g/mol. The molecule has 0 bridgehead atoms. The summed E-state index contributed by atoms with van der Waals surface area (Å²) in [6.07, 6.45) is 3.75. The van der Waals surface area contributed by atoms with Crippen LogP contribution in [0.25, 0.3) is 11.1 Å². The van der Waals surface area contributed by atoms with Gasteiger partial charge in [-0.25, -0.2) is 13.9 Å². The van der Waals surface area contributed by atoms with Gasteiger partial charge in [-0.15, -0.1) is 5.10 Å². The first-order valence-electron chi connectivity index (χ1n) is 10.4. The fraction of sp³-hybridized carbons (Fsp3) is 0.227. The molecule has 4 rings (SSSR count). The van der Waals surface area contributed by atoms with Gasteiger partial charge in [0.15, 0.2) is 0 Å². The van der Waals surface area contributed by atoms with Crippen LogP contribution in [0.15, 0.2) is 66.8 Å². The summed E-state index contributed by atoms with van der Waals surface area (Å²) in [5.74, 6) is 4.93. The van der Waals surface area contributed by atoms with Crippen molar-refractivity contribution in [2.75, 3.05) is 18.0 Å². The smallest absolute Gasteiger partial charge is 0.414 e. The lowest BCUT2D eigenvalue weighted by molar-refractivity contribution is 0.129. The van der Waals surface area contributed by atoms with E-state index in [1.54, 1.807) is 29.2 Å². The number of hydrogen-bond donors (Lipinski definition) is 4. The topological polar surface area (TPSA) is 136 Å². The number of aromatic nitrogens is 3. The standard InChI is InChI=1S/C22H25FN8O2/c23-21-9-18(31-14-19(33-22(31)32)13-30-8-7-27-29-30)5-6-20(21)16-3-1-15(2-4-16)11-26-12-17(10-24)28-25/h1-10,19,26,28H,11-14,24-25H2/b17-10-. The van der Waals surface area contributed by atoms with Gasteiger partial charge in [0.1, 0.15) is 11.9 Å². The number of benzene rings is 2. The van der Waals surface area contributed by atoms with Crippen molar-refractivity contribution in [3.8, 4) is 11.1 Å². The first-order valence-corrected chi connectivity index (χ1v) is 10.4. The lowest BCUT2D eigenvalue weighted by Gasteiger charge is -2.15. The number of carbonyl (C=O) groups is 1. The molecule has 1 amide bonds. The number of anilines is 1. The average Bonchev–Trinajstić information content (AvgIpc) is 3.47. The van der Waals surface area contributed by atoms with Crippen LogP contribution >= 0.6 is 0 Å². The van der Waals surface area contributed by atoms with Gasteiger partial charge in [-0.2, -0.15) is 0 Å². The van der Waals surface area contributed by atoms with Crippen molar-refractivity contribution in [3.63, 3.8) is 0 Å². The number of halogens is 1. The predicted octanol–water partition coefficient (Wildman–Crippen LogP) is 1.46. The molecule has 1 aliphatic heterocycles. The van der Waals surface area contributed by atoms with Crippen LogP contribution in [0.5, 0.6) is 0 Å². The number of nitrogens with zero attached hydrogens (tertiary/aromatic N) is 4. The summed E-state index contributed by atoms with van der Waals surface area (Å²) in [4.78, 5) is 13.7. The quantitative estimate of drug-likeness (QED) is 0.283. The molecule has 1 fully saturated rings. The van der Waals surface area contributed by atoms with Crippen molar-refractivity contribution in [3.05, 3.63) is 78.1 Å². The second kappa shape index (κ2) is 10.1. The first kappa shape index (κ1) is 22.2. The summed E-state index contributed by atoms with van der Waals surface area (Å²) >= 11 is 0. The van der Waals surface area contributed by atoms with E-state index in [1.165, 1.54) is 17.2 Å². The van der Waals surface area contributed by atoms with Crippen LogP contribution in [0.2, 0.25) is 0 Å². The van der Waals surface area contributed by atoms with Gasteiger partial charge in [0, 0.05) is 31.0 Å². The number of hydrogen-bond acceptors (Lipinski definition) is 8. The Morgan fingerprint density at radius 3 is 2.76 bits per heavy atom. The Morgan fingerprint density at radius 2 is 2.09 bits per heavy atom. The molecule has 2 aromatic carbocycles. The van der Waals surface area contributed by atoms with E-state index in [1.807, 2.05) is 24.3 Å². The summed E-state index contributed by atoms with van der Waals surface area (Å²) in [6, 6.07) is 12.3. The second-order valence-electron chi connectivity index (χ2n) is 7.54. The maximum absolute atomic E-state index is 14.9. The van der Waals surface area contributed by atoms with Crippen molar-refractivity contribution in [1.82, 2.24) is 25.7 Å². The van der Waals surface area contributed by atoms with Crippen molar-refractivity contribution in [1.29, 1.82) is 0 Å². The number of ether oxygens (including phenoxy) is 1. The van der Waals surface area contributed by atoms with Gasteiger partial charge in [0.25, 0.3) is 0 Å². The van der Waals surface area contributed by atoms with Gasteiger partial charge in [-0.05, 0) is 29.3 Å². The molecule has 1 aliphatic rings. The van der Waals surface area contributed by atoms with Gasteiger partial charge in [0.2, 0.25) is 0 Å². The Balaban J connectivity index is 1.39. The fourth-order valence-electron chi connectivity index (χ4n) is 3.57. The van der Waals surface area contributed by atoms with Crippen LogP contribution in [0.3, 0.4) is 0 Å². The number of carbonyl (C=O) groups excluding carboxylic acids is 1. The van der Waals surface area contributed by atoms with Gasteiger partial charge >= 0.3 is 6.09 Å². The Kier molecular flexibility index (Phi) is 6.81. The van der Waals surface area contributed by atoms with Crippen LogP contribution in [-0.4, -0.2) is 40.3 Å². The fourth-order valence-corrected chi connectivity index (χ4v) is 3.57. The molecule has 172 valence electrons. The van der Waals surface area contributed by atoms with Gasteiger partial charge in [0.05, 0.1) is 30.7 Å². The molecule has 1 aromatic heterocycles. The molecular formula is C22H25FN8O2. The zero-order chi connectivity index (χ0) is 23.2. The molecule has 2 heterocycles. The summed E-state index contributed by atoms with van der Waals surface area (Å²) in [6.45, 7) is 1.80. The molecule has 11 heteroatoms. The molecule has 0 spiro atoms. The highest BCUT2D eigenvalue weighted by atomic mass is 19.1. The zero-order valence-electron chi connectivity index (χ0n) is 17.8. The van der Waals surface area contributed by atoms with E-state index in [-0.39, 0.29) is 6.10 Å². The number of nitrogens with one attached hydrogen (secondary N) is 2. The highest BCUT2D eigenvalue weighted by Gasteiger charge is 2.33. The molecule has 0 saturated carbocycles. The normalized spacial score (nSPS) is 16.2. The minimum Gasteiger partial charge on any atom is -0.442 e. The summed E-state index contributed by atoms with van der Waals surface area (Å²) in [5, 5.41) is 10.8. The minimum absolute atomic E-state index is 0.305. The minimum atomic E-state index is -0.512. The number of rotatable bonds is 9. The van der Waals surface area contributed by atoms with E-state index >= 15 is 0 Å². The number of cyclic esters (lactones) is 1. The maximum Gasteiger partial charge on any atom is 0.414 e. The van der Waals surface area contributed by atoms with E-state index < -0.39 is 11.9 Å². The van der Waals surface area contributed by atoms with E-state index in [0.29, 0.717) is 43.1 Å². The molecule has 0 aliphatic carbocycles. The molecule has 0 radical (unpaired) electrons. The van der Waals surface area contributed by atoms with Crippen molar-refractivity contribution < 1.29 is 13.9 Å². The zero-order valence-corrected chi connectivity index (χ0v) is 17.8.